The van der Waals surface area contributed by atoms with E-state index in [1.54, 1.807) is 0 Å². The second-order valence-electron chi connectivity index (χ2n) is 8.72. The third kappa shape index (κ3) is 3.39. The predicted octanol–water partition coefficient (Wildman–Crippen LogP) is 4.86. The van der Waals surface area contributed by atoms with Crippen molar-refractivity contribution < 1.29 is 14.7 Å². The van der Waals surface area contributed by atoms with E-state index in [1.807, 2.05) is 6.92 Å². The highest BCUT2D eigenvalue weighted by molar-refractivity contribution is 5.85. The summed E-state index contributed by atoms with van der Waals surface area (Å²) in [6, 6.07) is 0. The van der Waals surface area contributed by atoms with Gasteiger partial charge in [-0.05, 0) is 55.8 Å². The van der Waals surface area contributed by atoms with Crippen LogP contribution in [0.3, 0.4) is 0 Å². The number of fused-ring (bicyclic) bond motifs is 1. The topological polar surface area (TPSA) is 54.4 Å². The van der Waals surface area contributed by atoms with Crippen LogP contribution in [-0.2, 0) is 9.59 Å². The number of carbonyl (C=O) groups excluding carboxylic acids is 1. The van der Waals surface area contributed by atoms with E-state index in [0.717, 1.165) is 25.7 Å². The Balaban J connectivity index is 2.18. The van der Waals surface area contributed by atoms with E-state index in [4.69, 9.17) is 5.11 Å². The summed E-state index contributed by atoms with van der Waals surface area (Å²) in [5.41, 5.74) is 1.37. The lowest BCUT2D eigenvalue weighted by Crippen LogP contribution is -2.52. The molecule has 1 N–H and O–H groups in total. The highest BCUT2D eigenvalue weighted by Crippen LogP contribution is 2.59. The van der Waals surface area contributed by atoms with Gasteiger partial charge in [-0.1, -0.05) is 39.3 Å². The fraction of sp³-hybridized carbons (Fsp3) is 0.800. The van der Waals surface area contributed by atoms with Gasteiger partial charge in [0.05, 0.1) is 0 Å². The quantitative estimate of drug-likeness (QED) is 0.736. The fourth-order valence-corrected chi connectivity index (χ4v) is 5.25. The van der Waals surface area contributed by atoms with Crippen molar-refractivity contribution in [3.63, 3.8) is 0 Å². The predicted molar refractivity (Wildman–Crippen MR) is 92.1 cm³/mol. The first-order valence-electron chi connectivity index (χ1n) is 9.00. The van der Waals surface area contributed by atoms with Gasteiger partial charge in [0.25, 0.3) is 0 Å². The lowest BCUT2D eigenvalue weighted by atomic mass is 9.48. The number of carboxylic acids is 1. The molecule has 2 aliphatic rings. The van der Waals surface area contributed by atoms with Gasteiger partial charge in [-0.2, -0.15) is 0 Å². The van der Waals surface area contributed by atoms with Crippen LogP contribution in [0.4, 0.5) is 0 Å². The number of carboxylic acid groups (broad SMARTS) is 1. The smallest absolute Gasteiger partial charge is 0.303 e. The Morgan fingerprint density at radius 2 is 2.04 bits per heavy atom. The Morgan fingerprint density at radius 3 is 2.65 bits per heavy atom. The summed E-state index contributed by atoms with van der Waals surface area (Å²) in [4.78, 5) is 23.3. The molecule has 0 unspecified atom stereocenters. The highest BCUT2D eigenvalue weighted by atomic mass is 16.4. The van der Waals surface area contributed by atoms with Gasteiger partial charge in [-0.25, -0.2) is 0 Å². The Morgan fingerprint density at radius 1 is 1.39 bits per heavy atom. The summed E-state index contributed by atoms with van der Waals surface area (Å²) < 4.78 is 0. The third-order valence-electron chi connectivity index (χ3n) is 6.77. The minimum absolute atomic E-state index is 0.166. The lowest BCUT2D eigenvalue weighted by Gasteiger charge is -2.56. The van der Waals surface area contributed by atoms with Gasteiger partial charge < -0.3 is 5.11 Å². The largest absolute Gasteiger partial charge is 0.481 e. The number of Topliss-reactive ketones (excluding diaryl/α,β-unsaturated/α-hetero) is 1. The molecule has 0 heterocycles. The maximum absolute atomic E-state index is 12.4. The number of carbonyl (C=O) groups is 2. The summed E-state index contributed by atoms with van der Waals surface area (Å²) in [6.07, 6.45) is 7.23. The van der Waals surface area contributed by atoms with E-state index >= 15 is 0 Å². The zero-order valence-corrected chi connectivity index (χ0v) is 15.3. The maximum Gasteiger partial charge on any atom is 0.303 e. The second-order valence-corrected chi connectivity index (χ2v) is 8.72. The Bertz CT molecular complexity index is 517. The van der Waals surface area contributed by atoms with Gasteiger partial charge in [0, 0.05) is 18.3 Å². The molecule has 0 bridgehead atoms. The highest BCUT2D eigenvalue weighted by Gasteiger charge is 2.54. The molecule has 0 aromatic rings. The van der Waals surface area contributed by atoms with Crippen LogP contribution in [0.25, 0.3) is 0 Å². The molecule has 1 fully saturated rings. The van der Waals surface area contributed by atoms with Gasteiger partial charge >= 0.3 is 5.97 Å². The Kier molecular flexibility index (Phi) is 5.08. The summed E-state index contributed by atoms with van der Waals surface area (Å²) >= 11 is 0. The van der Waals surface area contributed by atoms with Crippen LogP contribution in [-0.4, -0.2) is 16.9 Å². The molecule has 2 rings (SSSR count). The molecule has 3 nitrogen and oxygen atoms in total. The van der Waals surface area contributed by atoms with Crippen molar-refractivity contribution in [3.05, 3.63) is 11.6 Å². The first-order chi connectivity index (χ1) is 10.6. The molecule has 0 amide bonds. The van der Waals surface area contributed by atoms with Crippen molar-refractivity contribution in [1.82, 2.24) is 0 Å². The lowest BCUT2D eigenvalue weighted by molar-refractivity contribution is -0.143. The van der Waals surface area contributed by atoms with Crippen LogP contribution < -0.4 is 0 Å². The summed E-state index contributed by atoms with van der Waals surface area (Å²) in [5, 5.41) is 8.96. The van der Waals surface area contributed by atoms with E-state index in [1.165, 1.54) is 5.57 Å². The number of aliphatic carboxylic acids is 1. The minimum atomic E-state index is -0.707. The van der Waals surface area contributed by atoms with Crippen LogP contribution in [0.2, 0.25) is 0 Å². The standard InChI is InChI=1S/C20H32O3/c1-13(12-18(22)23)6-8-15-14(2)7-9-16-19(3,4)17(21)10-11-20(15,16)5/h7,13,15-16H,6,8-12H2,1-5H3,(H,22,23)/t13-,15-,16-,20+/m1/s1. The first kappa shape index (κ1) is 18.2. The van der Waals surface area contributed by atoms with Crippen LogP contribution in [0.15, 0.2) is 11.6 Å². The van der Waals surface area contributed by atoms with Crippen LogP contribution in [0, 0.1) is 28.6 Å². The van der Waals surface area contributed by atoms with Crippen molar-refractivity contribution in [3.8, 4) is 0 Å². The normalized spacial score (nSPS) is 34.5. The van der Waals surface area contributed by atoms with Crippen LogP contribution in [0.1, 0.15) is 73.1 Å². The zero-order valence-electron chi connectivity index (χ0n) is 15.3. The molecule has 130 valence electrons. The van der Waals surface area contributed by atoms with Gasteiger partial charge in [0.2, 0.25) is 0 Å². The molecule has 0 saturated heterocycles. The van der Waals surface area contributed by atoms with Crippen molar-refractivity contribution >= 4 is 11.8 Å². The Labute approximate surface area is 140 Å². The van der Waals surface area contributed by atoms with Crippen molar-refractivity contribution in [2.75, 3.05) is 0 Å². The molecule has 2 aliphatic carbocycles. The van der Waals surface area contributed by atoms with E-state index in [2.05, 4.69) is 33.8 Å². The van der Waals surface area contributed by atoms with Crippen molar-refractivity contribution in [1.29, 1.82) is 0 Å². The van der Waals surface area contributed by atoms with Crippen molar-refractivity contribution in [2.45, 2.75) is 73.1 Å². The molecule has 23 heavy (non-hydrogen) atoms. The molecule has 1 saturated carbocycles. The zero-order chi connectivity index (χ0) is 17.4. The summed E-state index contributed by atoms with van der Waals surface area (Å²) in [7, 11) is 0. The Hall–Kier alpha value is -1.12. The summed E-state index contributed by atoms with van der Waals surface area (Å²) in [5.74, 6) is 0.792. The number of hydrogen-bond acceptors (Lipinski definition) is 2. The average Bonchev–Trinajstić information content (AvgIpc) is 2.42. The first-order valence-corrected chi connectivity index (χ1v) is 9.00. The molecular weight excluding hydrogens is 288 g/mol. The van der Waals surface area contributed by atoms with Gasteiger partial charge in [-0.15, -0.1) is 0 Å². The van der Waals surface area contributed by atoms with Gasteiger partial charge in [0.1, 0.15) is 5.78 Å². The molecule has 0 spiro atoms. The van der Waals surface area contributed by atoms with E-state index in [0.29, 0.717) is 24.0 Å². The second kappa shape index (κ2) is 6.41. The third-order valence-corrected chi connectivity index (χ3v) is 6.77. The number of rotatable bonds is 5. The average molecular weight is 320 g/mol. The van der Waals surface area contributed by atoms with Crippen LogP contribution >= 0.6 is 0 Å². The summed E-state index contributed by atoms with van der Waals surface area (Å²) in [6.45, 7) is 10.9. The molecule has 0 aliphatic heterocycles. The number of ketones is 1. The molecule has 4 atom stereocenters. The van der Waals surface area contributed by atoms with Crippen molar-refractivity contribution in [2.24, 2.45) is 28.6 Å². The molecular formula is C20H32O3. The van der Waals surface area contributed by atoms with E-state index < -0.39 is 5.97 Å². The maximum atomic E-state index is 12.4. The minimum Gasteiger partial charge on any atom is -0.481 e. The fourth-order valence-electron chi connectivity index (χ4n) is 5.25. The SMILES string of the molecule is CC1=CC[C@@H]2C(C)(C)C(=O)CC[C@@]2(C)[C@@H]1CC[C@@H](C)CC(=O)O. The van der Waals surface area contributed by atoms with Gasteiger partial charge in [0.15, 0.2) is 0 Å². The van der Waals surface area contributed by atoms with E-state index in [9.17, 15) is 9.59 Å². The molecule has 0 aromatic carbocycles. The molecule has 3 heteroatoms. The monoisotopic (exact) mass is 320 g/mol. The molecule has 0 aromatic heterocycles. The van der Waals surface area contributed by atoms with E-state index in [-0.39, 0.29) is 23.2 Å². The van der Waals surface area contributed by atoms with Crippen LogP contribution in [0.5, 0.6) is 0 Å². The number of allylic oxidation sites excluding steroid dienone is 2. The number of hydrogen-bond donors (Lipinski definition) is 1. The molecule has 0 radical (unpaired) electrons. The van der Waals surface area contributed by atoms with Gasteiger partial charge in [-0.3, -0.25) is 9.59 Å².